The number of hydrogen-bond donors (Lipinski definition) is 1. The molecule has 3 nitrogen and oxygen atoms in total. The summed E-state index contributed by atoms with van der Waals surface area (Å²) in [4.78, 5) is 11.2. The lowest BCUT2D eigenvalue weighted by molar-refractivity contribution is -0.120. The Balaban J connectivity index is 2.49. The Labute approximate surface area is 83.4 Å². The van der Waals surface area contributed by atoms with E-state index < -0.39 is 0 Å². The van der Waals surface area contributed by atoms with Gasteiger partial charge in [0.1, 0.15) is 6.54 Å². The predicted octanol–water partition coefficient (Wildman–Crippen LogP) is 1.18. The Hall–Kier alpha value is -1.82. The van der Waals surface area contributed by atoms with Crippen molar-refractivity contribution in [1.29, 1.82) is 5.26 Å². The molecule has 0 spiro atoms. The molecule has 0 aliphatic heterocycles. The molecule has 0 atom stereocenters. The van der Waals surface area contributed by atoms with E-state index in [2.05, 4.69) is 5.32 Å². The van der Waals surface area contributed by atoms with E-state index in [0.717, 1.165) is 5.56 Å². The number of benzene rings is 1. The zero-order chi connectivity index (χ0) is 10.4. The Kier molecular flexibility index (Phi) is 3.69. The maximum Gasteiger partial charge on any atom is 0.225 e. The number of carbonyl (C=O) groups excluding carboxylic acids is 1. The summed E-state index contributed by atoms with van der Waals surface area (Å²) in [5.74, 6) is -0.115. The summed E-state index contributed by atoms with van der Waals surface area (Å²) in [5.41, 5.74) is 2.14. The van der Waals surface area contributed by atoms with Crippen molar-refractivity contribution in [2.24, 2.45) is 0 Å². The number of nitrogens with one attached hydrogen (secondary N) is 1. The number of hydrogen-bond acceptors (Lipinski definition) is 2. The average Bonchev–Trinajstić information content (AvgIpc) is 2.18. The standard InChI is InChI=1S/C11H12N2O/c1-9-2-4-10(5-3-9)8-11(14)13-7-6-12/h2-5H,7-8H2,1H3,(H,13,14). The number of rotatable bonds is 3. The van der Waals surface area contributed by atoms with Gasteiger partial charge in [-0.3, -0.25) is 4.79 Å². The summed E-state index contributed by atoms with van der Waals surface area (Å²) < 4.78 is 0. The fourth-order valence-corrected chi connectivity index (χ4v) is 1.09. The van der Waals surface area contributed by atoms with Gasteiger partial charge in [0.2, 0.25) is 5.91 Å². The highest BCUT2D eigenvalue weighted by atomic mass is 16.1. The van der Waals surface area contributed by atoms with Gasteiger partial charge in [0.25, 0.3) is 0 Å². The van der Waals surface area contributed by atoms with Gasteiger partial charge in [0.05, 0.1) is 12.5 Å². The quantitative estimate of drug-likeness (QED) is 0.724. The van der Waals surface area contributed by atoms with Gasteiger partial charge in [0, 0.05) is 0 Å². The third kappa shape index (κ3) is 3.28. The van der Waals surface area contributed by atoms with Crippen LogP contribution in [0.15, 0.2) is 24.3 Å². The molecule has 1 aromatic carbocycles. The summed E-state index contributed by atoms with van der Waals surface area (Å²) in [7, 11) is 0. The Bertz CT molecular complexity index is 349. The molecule has 1 rings (SSSR count). The minimum atomic E-state index is -0.115. The van der Waals surface area contributed by atoms with Gasteiger partial charge in [-0.15, -0.1) is 0 Å². The van der Waals surface area contributed by atoms with Crippen molar-refractivity contribution in [3.8, 4) is 6.07 Å². The average molecular weight is 188 g/mol. The molecule has 0 bridgehead atoms. The van der Waals surface area contributed by atoms with Crippen LogP contribution in [0.3, 0.4) is 0 Å². The molecule has 0 heterocycles. The van der Waals surface area contributed by atoms with E-state index in [9.17, 15) is 4.79 Å². The van der Waals surface area contributed by atoms with E-state index in [0.29, 0.717) is 6.42 Å². The van der Waals surface area contributed by atoms with Crippen LogP contribution in [0.2, 0.25) is 0 Å². The van der Waals surface area contributed by atoms with Crippen molar-refractivity contribution < 1.29 is 4.79 Å². The smallest absolute Gasteiger partial charge is 0.225 e. The second kappa shape index (κ2) is 5.03. The molecule has 0 saturated heterocycles. The van der Waals surface area contributed by atoms with Gasteiger partial charge >= 0.3 is 0 Å². The van der Waals surface area contributed by atoms with Crippen LogP contribution in [0.4, 0.5) is 0 Å². The second-order valence-corrected chi connectivity index (χ2v) is 3.10. The molecule has 0 saturated carbocycles. The second-order valence-electron chi connectivity index (χ2n) is 3.10. The molecule has 1 N–H and O–H groups in total. The lowest BCUT2D eigenvalue weighted by Crippen LogP contribution is -2.25. The van der Waals surface area contributed by atoms with Crippen LogP contribution in [-0.2, 0) is 11.2 Å². The highest BCUT2D eigenvalue weighted by molar-refractivity contribution is 5.78. The third-order valence-corrected chi connectivity index (χ3v) is 1.85. The van der Waals surface area contributed by atoms with Crippen molar-refractivity contribution in [1.82, 2.24) is 5.32 Å². The van der Waals surface area contributed by atoms with E-state index in [1.165, 1.54) is 5.56 Å². The Morgan fingerprint density at radius 1 is 1.43 bits per heavy atom. The van der Waals surface area contributed by atoms with Gasteiger partial charge in [-0.2, -0.15) is 5.26 Å². The van der Waals surface area contributed by atoms with Crippen LogP contribution in [0.1, 0.15) is 11.1 Å². The molecule has 14 heavy (non-hydrogen) atoms. The van der Waals surface area contributed by atoms with Crippen LogP contribution in [0, 0.1) is 18.3 Å². The van der Waals surface area contributed by atoms with Crippen LogP contribution >= 0.6 is 0 Å². The molecule has 1 aromatic rings. The van der Waals surface area contributed by atoms with Gasteiger partial charge in [-0.25, -0.2) is 0 Å². The number of nitrogens with zero attached hydrogens (tertiary/aromatic N) is 1. The van der Waals surface area contributed by atoms with Crippen molar-refractivity contribution in [3.63, 3.8) is 0 Å². The maximum atomic E-state index is 11.2. The first-order chi connectivity index (χ1) is 6.72. The molecular weight excluding hydrogens is 176 g/mol. The number of amides is 1. The third-order valence-electron chi connectivity index (χ3n) is 1.85. The SMILES string of the molecule is Cc1ccc(CC(=O)NCC#N)cc1. The number of aryl methyl sites for hydroxylation is 1. The molecule has 3 heteroatoms. The van der Waals surface area contributed by atoms with Crippen molar-refractivity contribution in [2.45, 2.75) is 13.3 Å². The van der Waals surface area contributed by atoms with Crippen molar-refractivity contribution >= 4 is 5.91 Å². The maximum absolute atomic E-state index is 11.2. The van der Waals surface area contributed by atoms with E-state index in [1.54, 1.807) is 0 Å². The van der Waals surface area contributed by atoms with E-state index in [-0.39, 0.29) is 12.5 Å². The van der Waals surface area contributed by atoms with Gasteiger partial charge in [-0.1, -0.05) is 29.8 Å². The minimum absolute atomic E-state index is 0.0741. The first-order valence-electron chi connectivity index (χ1n) is 4.41. The Morgan fingerprint density at radius 2 is 2.07 bits per heavy atom. The molecule has 0 radical (unpaired) electrons. The summed E-state index contributed by atoms with van der Waals surface area (Å²) in [6.07, 6.45) is 0.335. The fraction of sp³-hybridized carbons (Fsp3) is 0.273. The van der Waals surface area contributed by atoms with Crippen LogP contribution in [0.25, 0.3) is 0 Å². The Morgan fingerprint density at radius 3 is 2.64 bits per heavy atom. The zero-order valence-electron chi connectivity index (χ0n) is 8.08. The summed E-state index contributed by atoms with van der Waals surface area (Å²) >= 11 is 0. The van der Waals surface area contributed by atoms with Crippen molar-refractivity contribution in [3.05, 3.63) is 35.4 Å². The summed E-state index contributed by atoms with van der Waals surface area (Å²) in [6.45, 7) is 2.07. The minimum Gasteiger partial charge on any atom is -0.343 e. The lowest BCUT2D eigenvalue weighted by atomic mass is 10.1. The lowest BCUT2D eigenvalue weighted by Gasteiger charge is -2.01. The topological polar surface area (TPSA) is 52.9 Å². The zero-order valence-corrected chi connectivity index (χ0v) is 8.08. The van der Waals surface area contributed by atoms with Crippen LogP contribution in [0.5, 0.6) is 0 Å². The molecule has 0 aliphatic rings. The number of carbonyl (C=O) groups is 1. The molecule has 0 aromatic heterocycles. The van der Waals surface area contributed by atoms with E-state index in [4.69, 9.17) is 5.26 Å². The highest BCUT2D eigenvalue weighted by Crippen LogP contribution is 2.03. The summed E-state index contributed by atoms with van der Waals surface area (Å²) in [6, 6.07) is 9.63. The summed E-state index contributed by atoms with van der Waals surface area (Å²) in [5, 5.41) is 10.7. The normalized spacial score (nSPS) is 9.14. The predicted molar refractivity (Wildman–Crippen MR) is 53.5 cm³/mol. The van der Waals surface area contributed by atoms with Crippen molar-refractivity contribution in [2.75, 3.05) is 6.54 Å². The molecular formula is C11H12N2O. The monoisotopic (exact) mass is 188 g/mol. The molecule has 0 unspecified atom stereocenters. The first kappa shape index (κ1) is 10.3. The van der Waals surface area contributed by atoms with Gasteiger partial charge in [-0.05, 0) is 12.5 Å². The van der Waals surface area contributed by atoms with Gasteiger partial charge in [0.15, 0.2) is 0 Å². The molecule has 1 amide bonds. The molecule has 72 valence electrons. The number of nitriles is 1. The van der Waals surface area contributed by atoms with E-state index >= 15 is 0 Å². The largest absolute Gasteiger partial charge is 0.343 e. The molecule has 0 fully saturated rings. The highest BCUT2D eigenvalue weighted by Gasteiger charge is 2.01. The first-order valence-corrected chi connectivity index (χ1v) is 4.41. The van der Waals surface area contributed by atoms with Crippen LogP contribution < -0.4 is 5.32 Å². The molecule has 0 aliphatic carbocycles. The van der Waals surface area contributed by atoms with Crippen LogP contribution in [-0.4, -0.2) is 12.5 Å². The fourth-order valence-electron chi connectivity index (χ4n) is 1.09. The van der Waals surface area contributed by atoms with E-state index in [1.807, 2.05) is 37.3 Å². The van der Waals surface area contributed by atoms with Gasteiger partial charge < -0.3 is 5.32 Å².